The van der Waals surface area contributed by atoms with Crippen molar-refractivity contribution in [3.63, 3.8) is 0 Å². The van der Waals surface area contributed by atoms with Crippen LogP contribution < -0.4 is 21.1 Å². The number of carboxylic acids is 1. The molecule has 0 saturated carbocycles. The molecule has 0 saturated heterocycles. The Labute approximate surface area is 258 Å². The van der Waals surface area contributed by atoms with Crippen molar-refractivity contribution in [3.05, 3.63) is 47.3 Å². The summed E-state index contributed by atoms with van der Waals surface area (Å²) < 4.78 is 41.5. The van der Waals surface area contributed by atoms with E-state index < -0.39 is 34.0 Å². The summed E-state index contributed by atoms with van der Waals surface area (Å²) in [5, 5.41) is 18.0. The van der Waals surface area contributed by atoms with Crippen molar-refractivity contribution in [2.45, 2.75) is 39.8 Å². The fourth-order valence-corrected chi connectivity index (χ4v) is 4.36. The Kier molecular flexibility index (Phi) is 12.0. The largest absolute Gasteiger partial charge is 0.491 e. The van der Waals surface area contributed by atoms with Crippen LogP contribution in [0.15, 0.2) is 30.4 Å². The summed E-state index contributed by atoms with van der Waals surface area (Å²) >= 11 is 0. The highest BCUT2D eigenvalue weighted by Gasteiger charge is 2.21. The smallest absolute Gasteiger partial charge is 0.407 e. The van der Waals surface area contributed by atoms with Crippen molar-refractivity contribution >= 4 is 51.0 Å². The number of carbonyl (C=O) groups is 4. The zero-order valence-electron chi connectivity index (χ0n) is 24.9. The number of nitrogens with one attached hydrogen (secondary N) is 2. The first-order chi connectivity index (χ1) is 21.3. The van der Waals surface area contributed by atoms with Crippen LogP contribution in [0, 0.1) is 6.92 Å². The van der Waals surface area contributed by atoms with E-state index in [1.54, 1.807) is 23.6 Å². The van der Waals surface area contributed by atoms with Crippen LogP contribution in [0.4, 0.5) is 10.7 Å². The number of nitrogens with two attached hydrogens (primary N) is 1. The highest BCUT2D eigenvalue weighted by molar-refractivity contribution is 7.86. The topological polar surface area (TPSA) is 236 Å². The molecule has 3 aromatic rings. The molecule has 244 valence electrons. The lowest BCUT2D eigenvalue weighted by atomic mass is 10.1. The monoisotopic (exact) mass is 649 g/mol. The summed E-state index contributed by atoms with van der Waals surface area (Å²) in [4.78, 5) is 52.2. The zero-order chi connectivity index (χ0) is 33.1. The molecule has 0 aliphatic carbocycles. The highest BCUT2D eigenvalue weighted by atomic mass is 32.2. The molecule has 3 amide bonds. The third kappa shape index (κ3) is 10.3. The van der Waals surface area contributed by atoms with E-state index in [0.717, 1.165) is 6.26 Å². The van der Waals surface area contributed by atoms with Gasteiger partial charge in [-0.1, -0.05) is 12.2 Å². The number of amides is 3. The molecular weight excluding hydrogens is 614 g/mol. The number of hydrogen-bond acceptors (Lipinski definition) is 11. The summed E-state index contributed by atoms with van der Waals surface area (Å²) in [6.45, 7) is 3.80. The molecule has 0 spiro atoms. The van der Waals surface area contributed by atoms with Crippen LogP contribution in [-0.4, -0.2) is 89.4 Å². The number of allylic oxidation sites excluding steroid dienone is 1. The van der Waals surface area contributed by atoms with Gasteiger partial charge < -0.3 is 30.2 Å². The minimum Gasteiger partial charge on any atom is -0.491 e. The summed E-state index contributed by atoms with van der Waals surface area (Å²) in [6.07, 6.45) is 3.21. The molecule has 0 atom stereocenters. The van der Waals surface area contributed by atoms with E-state index in [0.29, 0.717) is 23.4 Å². The Bertz CT molecular complexity index is 1690. The number of nitrogens with zero attached hydrogens (tertiary/aromatic N) is 4. The molecule has 45 heavy (non-hydrogen) atoms. The number of ether oxygens (including phenoxy) is 2. The van der Waals surface area contributed by atoms with Crippen LogP contribution in [0.2, 0.25) is 0 Å². The first kappa shape index (κ1) is 34.5. The van der Waals surface area contributed by atoms with Gasteiger partial charge in [-0.15, -0.1) is 0 Å². The van der Waals surface area contributed by atoms with Gasteiger partial charge in [-0.05, 0) is 32.0 Å². The number of hydrogen-bond donors (Lipinski definition) is 4. The third-order valence-electron chi connectivity index (χ3n) is 5.97. The Morgan fingerprint density at radius 3 is 2.56 bits per heavy atom. The Hall–Kier alpha value is -4.97. The Morgan fingerprint density at radius 2 is 1.89 bits per heavy atom. The minimum absolute atomic E-state index is 0.0274. The first-order valence-corrected chi connectivity index (χ1v) is 15.5. The number of anilines is 1. The van der Waals surface area contributed by atoms with Crippen LogP contribution in [0.1, 0.15) is 46.3 Å². The van der Waals surface area contributed by atoms with Gasteiger partial charge in [0.25, 0.3) is 16.0 Å². The molecule has 0 aliphatic heterocycles. The van der Waals surface area contributed by atoms with Crippen molar-refractivity contribution in [3.8, 4) is 5.75 Å². The van der Waals surface area contributed by atoms with Gasteiger partial charge in [-0.25, -0.2) is 9.78 Å². The molecular formula is C27H35N7O10S. The summed E-state index contributed by atoms with van der Waals surface area (Å²) in [5.41, 5.74) is 7.23. The van der Waals surface area contributed by atoms with E-state index in [-0.39, 0.29) is 68.5 Å². The number of carbonyl (C=O) groups excluding carboxylic acids is 3. The molecule has 0 bridgehead atoms. The lowest BCUT2D eigenvalue weighted by Crippen LogP contribution is -2.27. The van der Waals surface area contributed by atoms with Crippen molar-refractivity contribution in [2.75, 3.05) is 37.9 Å². The lowest BCUT2D eigenvalue weighted by molar-refractivity contribution is -0.136. The second-order valence-corrected chi connectivity index (χ2v) is 11.2. The zero-order valence-corrected chi connectivity index (χ0v) is 25.8. The van der Waals surface area contributed by atoms with E-state index in [4.69, 9.17) is 24.5 Å². The molecule has 0 radical (unpaired) electrons. The number of imidazole rings is 1. The van der Waals surface area contributed by atoms with Gasteiger partial charge in [0, 0.05) is 31.6 Å². The number of aromatic nitrogens is 4. The quantitative estimate of drug-likeness (QED) is 0.0923. The predicted octanol–water partition coefficient (Wildman–Crippen LogP) is 1.41. The standard InChI is InChI=1S/C27H35N7O10S/c1-4-34-20(14-17(2)32-34)25(38)31-26-30-19-15-18(24(28)37)16-21(23(19)33(26)10-5-6-13-44-45(3,40)41)42-11-7-12-43-27(39)29-9-8-22(35)36/h5-6,14-16H,4,7-13H2,1-3H3,(H2,28,37)(H,29,39)(H,35,36)(H,30,31,38). The fraction of sp³-hybridized carbons (Fsp3) is 0.407. The van der Waals surface area contributed by atoms with Gasteiger partial charge in [0.05, 0.1) is 43.7 Å². The number of aryl methyl sites for hydroxylation is 2. The summed E-state index contributed by atoms with van der Waals surface area (Å²) in [7, 11) is -3.66. The maximum absolute atomic E-state index is 13.3. The van der Waals surface area contributed by atoms with Crippen LogP contribution >= 0.6 is 0 Å². The maximum atomic E-state index is 13.3. The molecule has 18 heteroatoms. The number of aliphatic carboxylic acids is 1. The predicted molar refractivity (Wildman–Crippen MR) is 160 cm³/mol. The van der Waals surface area contributed by atoms with Gasteiger partial charge in [-0.3, -0.25) is 28.6 Å². The van der Waals surface area contributed by atoms with Crippen LogP contribution in [0.3, 0.4) is 0 Å². The number of rotatable bonds is 17. The number of carboxylic acid groups (broad SMARTS) is 1. The number of benzene rings is 1. The Balaban J connectivity index is 1.89. The van der Waals surface area contributed by atoms with Crippen molar-refractivity contribution in [1.29, 1.82) is 0 Å². The van der Waals surface area contributed by atoms with Crippen molar-refractivity contribution in [1.82, 2.24) is 24.6 Å². The van der Waals surface area contributed by atoms with Gasteiger partial charge in [0.2, 0.25) is 11.9 Å². The second-order valence-electron chi connectivity index (χ2n) is 9.56. The van der Waals surface area contributed by atoms with E-state index in [1.165, 1.54) is 22.9 Å². The molecule has 2 aromatic heterocycles. The van der Waals surface area contributed by atoms with E-state index >= 15 is 0 Å². The number of fused-ring (bicyclic) bond motifs is 1. The third-order valence-corrected chi connectivity index (χ3v) is 6.54. The molecule has 1 aromatic carbocycles. The average Bonchev–Trinajstić information content (AvgIpc) is 3.51. The molecule has 0 aliphatic rings. The normalized spacial score (nSPS) is 11.5. The molecule has 3 rings (SSSR count). The maximum Gasteiger partial charge on any atom is 0.407 e. The SMILES string of the molecule is CCn1nc(C)cc1C(=O)Nc1nc2cc(C(N)=O)cc(OCCCOC(=O)NCCC(=O)O)c2n1CC=CCOS(C)(=O)=O. The fourth-order valence-electron chi connectivity index (χ4n) is 4.03. The second kappa shape index (κ2) is 15.7. The molecule has 0 fully saturated rings. The molecule has 17 nitrogen and oxygen atoms in total. The minimum atomic E-state index is -3.66. The van der Waals surface area contributed by atoms with Crippen LogP contribution in [0.5, 0.6) is 5.75 Å². The molecule has 2 heterocycles. The van der Waals surface area contributed by atoms with Crippen LogP contribution in [0.25, 0.3) is 11.0 Å². The number of alkyl carbamates (subject to hydrolysis) is 1. The van der Waals surface area contributed by atoms with Crippen molar-refractivity contribution < 1.29 is 46.4 Å². The van der Waals surface area contributed by atoms with Crippen LogP contribution in [-0.2, 0) is 36.9 Å². The van der Waals surface area contributed by atoms with E-state index in [1.807, 2.05) is 6.92 Å². The van der Waals surface area contributed by atoms with Crippen molar-refractivity contribution in [2.24, 2.45) is 5.73 Å². The van der Waals surface area contributed by atoms with Gasteiger partial charge >= 0.3 is 12.1 Å². The molecule has 0 unspecified atom stereocenters. The Morgan fingerprint density at radius 1 is 1.13 bits per heavy atom. The highest BCUT2D eigenvalue weighted by Crippen LogP contribution is 2.31. The molecule has 5 N–H and O–H groups in total. The van der Waals surface area contributed by atoms with Gasteiger partial charge in [0.15, 0.2) is 0 Å². The van der Waals surface area contributed by atoms with E-state index in [9.17, 15) is 27.6 Å². The van der Waals surface area contributed by atoms with E-state index in [2.05, 4.69) is 20.7 Å². The lowest BCUT2D eigenvalue weighted by Gasteiger charge is -2.13. The van der Waals surface area contributed by atoms with Gasteiger partial charge in [0.1, 0.15) is 17.0 Å². The summed E-state index contributed by atoms with van der Waals surface area (Å²) in [6, 6.07) is 4.49. The number of primary amides is 1. The summed E-state index contributed by atoms with van der Waals surface area (Å²) in [5.74, 6) is -2.01. The van der Waals surface area contributed by atoms with Gasteiger partial charge in [-0.2, -0.15) is 13.5 Å². The average molecular weight is 650 g/mol. The first-order valence-electron chi connectivity index (χ1n) is 13.7.